The fraction of sp³-hybridized carbons (Fsp3) is 0.222. The Morgan fingerprint density at radius 3 is 2.57 bits per heavy atom. The van der Waals surface area contributed by atoms with Crippen molar-refractivity contribution in [2.75, 3.05) is 5.32 Å². The monoisotopic (exact) mass is 309 g/mol. The molecule has 1 heterocycles. The molecule has 1 N–H and O–H groups in total. The lowest BCUT2D eigenvalue weighted by Crippen LogP contribution is -2.02. The molecular formula is C18H19N3O2. The molecule has 1 aromatic heterocycles. The predicted octanol–water partition coefficient (Wildman–Crippen LogP) is 3.88. The number of para-hydroxylation sites is 1. The van der Waals surface area contributed by atoms with Crippen LogP contribution in [0.25, 0.3) is 0 Å². The molecule has 0 saturated heterocycles. The Bertz CT molecular complexity index is 769. The topological polar surface area (TPSA) is 60.2 Å². The van der Waals surface area contributed by atoms with Crippen LogP contribution in [0.15, 0.2) is 52.9 Å². The van der Waals surface area contributed by atoms with Gasteiger partial charge in [0.25, 0.3) is 5.89 Å². The maximum absolute atomic E-state index is 5.59. The van der Waals surface area contributed by atoms with Crippen molar-refractivity contribution in [3.8, 4) is 5.75 Å². The lowest BCUT2D eigenvalue weighted by Gasteiger charge is -2.09. The van der Waals surface area contributed by atoms with Crippen LogP contribution in [0.5, 0.6) is 5.75 Å². The Morgan fingerprint density at radius 2 is 1.74 bits per heavy atom. The van der Waals surface area contributed by atoms with Gasteiger partial charge in [-0.25, -0.2) is 0 Å². The van der Waals surface area contributed by atoms with E-state index in [1.165, 1.54) is 11.1 Å². The number of ether oxygens (including phenoxy) is 1. The second-order valence-electron chi connectivity index (χ2n) is 5.29. The van der Waals surface area contributed by atoms with E-state index in [0.29, 0.717) is 18.3 Å². The summed E-state index contributed by atoms with van der Waals surface area (Å²) in [5.74, 6) is 1.78. The third kappa shape index (κ3) is 3.88. The van der Waals surface area contributed by atoms with Crippen molar-refractivity contribution >= 4 is 5.69 Å². The van der Waals surface area contributed by atoms with Crippen molar-refractivity contribution in [1.82, 2.24) is 10.2 Å². The molecule has 2 aromatic carbocycles. The van der Waals surface area contributed by atoms with E-state index in [9.17, 15) is 0 Å². The average Bonchev–Trinajstić information content (AvgIpc) is 3.03. The predicted molar refractivity (Wildman–Crippen MR) is 88.3 cm³/mol. The minimum atomic E-state index is 0.264. The largest absolute Gasteiger partial charge is 0.484 e. The fourth-order valence-corrected chi connectivity index (χ4v) is 2.19. The molecule has 0 atom stereocenters. The van der Waals surface area contributed by atoms with Crippen molar-refractivity contribution in [2.24, 2.45) is 0 Å². The number of hydrogen-bond donors (Lipinski definition) is 1. The number of hydrogen-bond acceptors (Lipinski definition) is 5. The lowest BCUT2D eigenvalue weighted by molar-refractivity contribution is 0.259. The summed E-state index contributed by atoms with van der Waals surface area (Å²) in [5, 5.41) is 11.4. The Kier molecular flexibility index (Phi) is 4.57. The summed E-state index contributed by atoms with van der Waals surface area (Å²) in [4.78, 5) is 0. The molecule has 0 unspecified atom stereocenters. The molecular weight excluding hydrogens is 290 g/mol. The van der Waals surface area contributed by atoms with Crippen LogP contribution < -0.4 is 10.1 Å². The van der Waals surface area contributed by atoms with Gasteiger partial charge in [0, 0.05) is 5.69 Å². The highest BCUT2D eigenvalue weighted by Gasteiger charge is 2.08. The Hall–Kier alpha value is -2.82. The fourth-order valence-electron chi connectivity index (χ4n) is 2.19. The second-order valence-corrected chi connectivity index (χ2v) is 5.29. The minimum Gasteiger partial charge on any atom is -0.484 e. The van der Waals surface area contributed by atoms with Crippen molar-refractivity contribution < 1.29 is 9.15 Å². The van der Waals surface area contributed by atoms with E-state index in [1.54, 1.807) is 0 Å². The van der Waals surface area contributed by atoms with Crippen LogP contribution in [0, 0.1) is 13.8 Å². The highest BCUT2D eigenvalue weighted by atomic mass is 16.5. The van der Waals surface area contributed by atoms with Gasteiger partial charge in [-0.15, -0.1) is 10.2 Å². The lowest BCUT2D eigenvalue weighted by atomic mass is 10.1. The Labute approximate surface area is 135 Å². The minimum absolute atomic E-state index is 0.264. The summed E-state index contributed by atoms with van der Waals surface area (Å²) in [5.41, 5.74) is 3.54. The van der Waals surface area contributed by atoms with Gasteiger partial charge in [0.1, 0.15) is 5.75 Å². The zero-order valence-electron chi connectivity index (χ0n) is 13.2. The molecule has 0 aliphatic heterocycles. The van der Waals surface area contributed by atoms with Gasteiger partial charge in [-0.3, -0.25) is 0 Å². The molecule has 0 bridgehead atoms. The van der Waals surface area contributed by atoms with Crippen molar-refractivity contribution in [3.63, 3.8) is 0 Å². The molecule has 118 valence electrons. The first-order chi connectivity index (χ1) is 11.2. The summed E-state index contributed by atoms with van der Waals surface area (Å²) in [6, 6.07) is 15.7. The van der Waals surface area contributed by atoms with Crippen LogP contribution in [-0.2, 0) is 13.2 Å². The van der Waals surface area contributed by atoms with Crippen LogP contribution in [0.3, 0.4) is 0 Å². The van der Waals surface area contributed by atoms with E-state index >= 15 is 0 Å². The molecule has 0 fully saturated rings. The van der Waals surface area contributed by atoms with Crippen LogP contribution in [0.1, 0.15) is 22.9 Å². The molecule has 0 radical (unpaired) electrons. The third-order valence-electron chi connectivity index (χ3n) is 3.65. The summed E-state index contributed by atoms with van der Waals surface area (Å²) in [6.45, 7) is 4.93. The summed E-state index contributed by atoms with van der Waals surface area (Å²) in [7, 11) is 0. The number of rotatable bonds is 6. The highest BCUT2D eigenvalue weighted by Crippen LogP contribution is 2.18. The van der Waals surface area contributed by atoms with E-state index in [2.05, 4.69) is 35.4 Å². The molecule has 3 rings (SSSR count). The Balaban J connectivity index is 1.56. The quantitative estimate of drug-likeness (QED) is 0.749. The standard InChI is InChI=1S/C18H19N3O2/c1-13-7-6-10-16(14(13)2)19-11-17-20-21-18(23-17)12-22-15-8-4-3-5-9-15/h3-10,19H,11-12H2,1-2H3. The van der Waals surface area contributed by atoms with E-state index in [0.717, 1.165) is 11.4 Å². The van der Waals surface area contributed by atoms with Crippen LogP contribution in [0.2, 0.25) is 0 Å². The number of aromatic nitrogens is 2. The molecule has 0 amide bonds. The van der Waals surface area contributed by atoms with Gasteiger partial charge in [-0.1, -0.05) is 30.3 Å². The highest BCUT2D eigenvalue weighted by molar-refractivity contribution is 5.53. The Morgan fingerprint density at radius 1 is 0.957 bits per heavy atom. The average molecular weight is 309 g/mol. The SMILES string of the molecule is Cc1cccc(NCc2nnc(COc3ccccc3)o2)c1C. The smallest absolute Gasteiger partial charge is 0.253 e. The number of benzene rings is 2. The number of nitrogens with one attached hydrogen (secondary N) is 1. The van der Waals surface area contributed by atoms with E-state index in [-0.39, 0.29) is 6.61 Å². The van der Waals surface area contributed by atoms with Gasteiger partial charge in [0.2, 0.25) is 5.89 Å². The molecule has 3 aromatic rings. The summed E-state index contributed by atoms with van der Waals surface area (Å²) < 4.78 is 11.2. The maximum Gasteiger partial charge on any atom is 0.253 e. The number of anilines is 1. The summed E-state index contributed by atoms with van der Waals surface area (Å²) >= 11 is 0. The van der Waals surface area contributed by atoms with E-state index < -0.39 is 0 Å². The normalized spacial score (nSPS) is 10.5. The third-order valence-corrected chi connectivity index (χ3v) is 3.65. The van der Waals surface area contributed by atoms with Gasteiger partial charge >= 0.3 is 0 Å². The first-order valence-corrected chi connectivity index (χ1v) is 7.51. The van der Waals surface area contributed by atoms with E-state index in [4.69, 9.17) is 9.15 Å². The number of nitrogens with zero attached hydrogens (tertiary/aromatic N) is 2. The zero-order chi connectivity index (χ0) is 16.1. The molecule has 0 aliphatic carbocycles. The van der Waals surface area contributed by atoms with Crippen molar-refractivity contribution in [1.29, 1.82) is 0 Å². The first kappa shape index (κ1) is 15.1. The van der Waals surface area contributed by atoms with Crippen LogP contribution in [-0.4, -0.2) is 10.2 Å². The van der Waals surface area contributed by atoms with Gasteiger partial charge in [-0.2, -0.15) is 0 Å². The maximum atomic E-state index is 5.59. The summed E-state index contributed by atoms with van der Waals surface area (Å²) in [6.07, 6.45) is 0. The van der Waals surface area contributed by atoms with Gasteiger partial charge in [-0.05, 0) is 43.2 Å². The van der Waals surface area contributed by atoms with Crippen molar-refractivity contribution in [3.05, 3.63) is 71.4 Å². The number of aryl methyl sites for hydroxylation is 1. The second kappa shape index (κ2) is 6.96. The molecule has 0 saturated carbocycles. The molecule has 0 aliphatic rings. The van der Waals surface area contributed by atoms with Crippen molar-refractivity contribution in [2.45, 2.75) is 27.0 Å². The van der Waals surface area contributed by atoms with Gasteiger partial charge in [0.05, 0.1) is 6.54 Å². The van der Waals surface area contributed by atoms with E-state index in [1.807, 2.05) is 42.5 Å². The molecule has 23 heavy (non-hydrogen) atoms. The van der Waals surface area contributed by atoms with Crippen LogP contribution >= 0.6 is 0 Å². The zero-order valence-corrected chi connectivity index (χ0v) is 13.2. The molecule has 5 nitrogen and oxygen atoms in total. The van der Waals surface area contributed by atoms with Gasteiger partial charge < -0.3 is 14.5 Å². The van der Waals surface area contributed by atoms with Gasteiger partial charge in [0.15, 0.2) is 6.61 Å². The van der Waals surface area contributed by atoms with Crippen LogP contribution in [0.4, 0.5) is 5.69 Å². The first-order valence-electron chi connectivity index (χ1n) is 7.51. The molecule has 5 heteroatoms. The molecule has 0 spiro atoms.